The predicted molar refractivity (Wildman–Crippen MR) is 116 cm³/mol. The first-order valence-electron chi connectivity index (χ1n) is 9.41. The minimum atomic E-state index is -4.02. The normalized spacial score (nSPS) is 13.4. The second-order valence-electron chi connectivity index (χ2n) is 6.99. The molecular weight excluding hydrogens is 414 g/mol. The first-order chi connectivity index (χ1) is 14.8. The molecule has 0 amide bonds. The maximum atomic E-state index is 12.9. The molecule has 1 aliphatic carbocycles. The van der Waals surface area contributed by atoms with E-state index in [1.165, 1.54) is 31.2 Å². The molecule has 31 heavy (non-hydrogen) atoms. The maximum absolute atomic E-state index is 12.9. The molecule has 1 N–H and O–H groups in total. The number of carbonyl (C=O) groups is 3. The minimum absolute atomic E-state index is 0.000993. The third-order valence-electron chi connectivity index (χ3n) is 4.99. The lowest BCUT2D eigenvalue weighted by atomic mass is 9.84. The van der Waals surface area contributed by atoms with Gasteiger partial charge in [0.15, 0.2) is 17.3 Å². The summed E-state index contributed by atoms with van der Waals surface area (Å²) in [6.45, 7) is 1.17. The van der Waals surface area contributed by atoms with Crippen molar-refractivity contribution in [2.75, 3.05) is 5.32 Å². The molecule has 6 nitrogen and oxygen atoms in total. The Balaban J connectivity index is 1.70. The van der Waals surface area contributed by atoms with E-state index in [4.69, 9.17) is 0 Å². The molecule has 0 aliphatic heterocycles. The molecule has 0 aromatic heterocycles. The lowest BCUT2D eigenvalue weighted by Crippen LogP contribution is -2.20. The zero-order valence-electron chi connectivity index (χ0n) is 16.5. The Bertz CT molecular complexity index is 1370. The van der Waals surface area contributed by atoms with Crippen LogP contribution in [-0.2, 0) is 14.6 Å². The van der Waals surface area contributed by atoms with E-state index in [1.54, 1.807) is 48.5 Å². The molecule has 0 bridgehead atoms. The van der Waals surface area contributed by atoms with Gasteiger partial charge in [0.2, 0.25) is 9.84 Å². The molecule has 0 saturated carbocycles. The summed E-state index contributed by atoms with van der Waals surface area (Å²) in [4.78, 5) is 37.2. The summed E-state index contributed by atoms with van der Waals surface area (Å²) in [6, 6.07) is 18.8. The van der Waals surface area contributed by atoms with Crippen LogP contribution >= 0.6 is 0 Å². The highest BCUT2D eigenvalue weighted by molar-refractivity contribution is 7.96. The summed E-state index contributed by atoms with van der Waals surface area (Å²) >= 11 is 0. The van der Waals surface area contributed by atoms with E-state index in [1.807, 2.05) is 0 Å². The van der Waals surface area contributed by atoms with Crippen molar-refractivity contribution in [3.05, 3.63) is 106 Å². The van der Waals surface area contributed by atoms with Gasteiger partial charge in [-0.2, -0.15) is 0 Å². The van der Waals surface area contributed by atoms with Crippen molar-refractivity contribution in [1.82, 2.24) is 0 Å². The van der Waals surface area contributed by atoms with Crippen LogP contribution in [-0.4, -0.2) is 25.8 Å². The van der Waals surface area contributed by atoms with E-state index < -0.39 is 20.5 Å². The van der Waals surface area contributed by atoms with Crippen molar-refractivity contribution >= 4 is 32.9 Å². The number of allylic oxidation sites excluding steroid dienone is 1. The van der Waals surface area contributed by atoms with E-state index in [2.05, 4.69) is 5.32 Å². The van der Waals surface area contributed by atoms with Crippen molar-refractivity contribution < 1.29 is 22.8 Å². The second kappa shape index (κ2) is 7.77. The highest BCUT2D eigenvalue weighted by Crippen LogP contribution is 2.29. The van der Waals surface area contributed by atoms with Crippen LogP contribution in [0.1, 0.15) is 38.8 Å². The van der Waals surface area contributed by atoms with Gasteiger partial charge in [0.05, 0.1) is 4.90 Å². The number of rotatable bonds is 5. The molecule has 4 rings (SSSR count). The van der Waals surface area contributed by atoms with Crippen LogP contribution < -0.4 is 5.32 Å². The zero-order chi connectivity index (χ0) is 22.2. The van der Waals surface area contributed by atoms with Crippen LogP contribution in [0.2, 0.25) is 0 Å². The summed E-state index contributed by atoms with van der Waals surface area (Å²) in [5.74, 6) is -1.17. The topological polar surface area (TPSA) is 97.4 Å². The van der Waals surface area contributed by atoms with Crippen molar-refractivity contribution in [3.63, 3.8) is 0 Å². The van der Waals surface area contributed by atoms with Crippen LogP contribution in [0.15, 0.2) is 88.8 Å². The first kappa shape index (κ1) is 20.4. The Kier molecular flexibility index (Phi) is 5.12. The largest absolute Gasteiger partial charge is 0.360 e. The number of carbonyl (C=O) groups excluding carboxylic acids is 3. The van der Waals surface area contributed by atoms with E-state index in [-0.39, 0.29) is 27.6 Å². The van der Waals surface area contributed by atoms with Gasteiger partial charge in [0.1, 0.15) is 4.91 Å². The number of ketones is 3. The van der Waals surface area contributed by atoms with E-state index in [0.29, 0.717) is 16.8 Å². The number of hydrogen-bond donors (Lipinski definition) is 1. The average molecular weight is 431 g/mol. The summed E-state index contributed by atoms with van der Waals surface area (Å²) in [7, 11) is -4.02. The lowest BCUT2D eigenvalue weighted by molar-refractivity contribution is -0.113. The van der Waals surface area contributed by atoms with Crippen LogP contribution in [0.25, 0.3) is 0 Å². The molecule has 3 aromatic carbocycles. The van der Waals surface area contributed by atoms with Crippen LogP contribution in [0.4, 0.5) is 5.69 Å². The number of hydrogen-bond acceptors (Lipinski definition) is 6. The Morgan fingerprint density at radius 1 is 0.774 bits per heavy atom. The Hall–Kier alpha value is -3.84. The van der Waals surface area contributed by atoms with Crippen molar-refractivity contribution in [2.45, 2.75) is 11.8 Å². The van der Waals surface area contributed by atoms with Gasteiger partial charge in [-0.1, -0.05) is 42.5 Å². The SMILES string of the molecule is CC(=O)/C(=C\Nc1ccc2c(c1)C(=O)c1ccccc1C2=O)S(=O)(=O)c1ccccc1. The fourth-order valence-corrected chi connectivity index (χ4v) is 4.79. The van der Waals surface area contributed by atoms with E-state index >= 15 is 0 Å². The van der Waals surface area contributed by atoms with Gasteiger partial charge in [-0.15, -0.1) is 0 Å². The van der Waals surface area contributed by atoms with Crippen molar-refractivity contribution in [3.8, 4) is 0 Å². The molecule has 1 aliphatic rings. The first-order valence-corrected chi connectivity index (χ1v) is 10.9. The molecule has 3 aromatic rings. The fourth-order valence-electron chi connectivity index (χ4n) is 3.43. The van der Waals surface area contributed by atoms with Gasteiger partial charge in [0, 0.05) is 34.1 Å². The molecule has 0 saturated heterocycles. The van der Waals surface area contributed by atoms with Gasteiger partial charge in [-0.05, 0) is 37.3 Å². The van der Waals surface area contributed by atoms with Crippen molar-refractivity contribution in [2.24, 2.45) is 0 Å². The van der Waals surface area contributed by atoms with Gasteiger partial charge in [-0.25, -0.2) is 8.42 Å². The number of anilines is 1. The summed E-state index contributed by atoms with van der Waals surface area (Å²) in [5.41, 5.74) is 1.55. The fraction of sp³-hybridized carbons (Fsp3) is 0.0417. The van der Waals surface area contributed by atoms with Crippen molar-refractivity contribution in [1.29, 1.82) is 0 Å². The molecule has 7 heteroatoms. The Morgan fingerprint density at radius 3 is 1.94 bits per heavy atom. The Morgan fingerprint density at radius 2 is 1.32 bits per heavy atom. The Labute approximate surface area is 179 Å². The molecule has 0 unspecified atom stereocenters. The van der Waals surface area contributed by atoms with Crippen LogP contribution in [0.5, 0.6) is 0 Å². The summed E-state index contributed by atoms with van der Waals surface area (Å²) in [6.07, 6.45) is 1.11. The number of nitrogens with one attached hydrogen (secondary N) is 1. The highest BCUT2D eigenvalue weighted by Gasteiger charge is 2.29. The highest BCUT2D eigenvalue weighted by atomic mass is 32.2. The third-order valence-corrected chi connectivity index (χ3v) is 6.86. The number of sulfone groups is 1. The van der Waals surface area contributed by atoms with Gasteiger partial charge in [-0.3, -0.25) is 14.4 Å². The second-order valence-corrected chi connectivity index (χ2v) is 8.91. The zero-order valence-corrected chi connectivity index (χ0v) is 17.3. The lowest BCUT2D eigenvalue weighted by Gasteiger charge is -2.18. The molecular formula is C24H17NO5S. The standard InChI is InChI=1S/C24H17NO5S/c1-15(26)22(31(29,30)17-7-3-2-4-8-17)14-25-16-11-12-20-21(13-16)24(28)19-10-6-5-9-18(19)23(20)27/h2-14,25H,1H3/b22-14+. The monoisotopic (exact) mass is 431 g/mol. The minimum Gasteiger partial charge on any atom is -0.360 e. The average Bonchev–Trinajstić information content (AvgIpc) is 2.78. The number of Topliss-reactive ketones (excluding diaryl/α,β-unsaturated/α-hetero) is 1. The predicted octanol–water partition coefficient (Wildman–Crippen LogP) is 3.78. The molecule has 0 heterocycles. The van der Waals surface area contributed by atoms with Gasteiger partial charge < -0.3 is 5.32 Å². The quantitative estimate of drug-likeness (QED) is 0.483. The van der Waals surface area contributed by atoms with Crippen LogP contribution in [0.3, 0.4) is 0 Å². The molecule has 0 spiro atoms. The van der Waals surface area contributed by atoms with Gasteiger partial charge in [0.25, 0.3) is 0 Å². The number of benzene rings is 3. The number of fused-ring (bicyclic) bond motifs is 2. The van der Waals surface area contributed by atoms with E-state index in [0.717, 1.165) is 6.20 Å². The maximum Gasteiger partial charge on any atom is 0.211 e. The summed E-state index contributed by atoms with van der Waals surface area (Å²) in [5, 5.41) is 2.79. The van der Waals surface area contributed by atoms with Gasteiger partial charge >= 0.3 is 0 Å². The third kappa shape index (κ3) is 3.60. The molecule has 0 radical (unpaired) electrons. The van der Waals surface area contributed by atoms with Crippen LogP contribution in [0, 0.1) is 0 Å². The molecule has 0 atom stereocenters. The smallest absolute Gasteiger partial charge is 0.211 e. The molecule has 154 valence electrons. The van der Waals surface area contributed by atoms with E-state index in [9.17, 15) is 22.8 Å². The summed E-state index contributed by atoms with van der Waals surface area (Å²) < 4.78 is 25.7. The molecule has 0 fully saturated rings.